The molecule has 1 saturated carbocycles. The number of ether oxygens (including phenoxy) is 1. The van der Waals surface area contributed by atoms with Gasteiger partial charge in [0.2, 0.25) is 0 Å². The highest BCUT2D eigenvalue weighted by atomic mass is 79.9. The second-order valence-electron chi connectivity index (χ2n) is 7.17. The van der Waals surface area contributed by atoms with Crippen molar-refractivity contribution in [3.05, 3.63) is 72.5 Å². The van der Waals surface area contributed by atoms with Crippen LogP contribution < -0.4 is 10.3 Å². The maximum absolute atomic E-state index is 12.7. The molecule has 4 aromatic rings. The normalized spacial score (nSPS) is 13.9. The van der Waals surface area contributed by atoms with E-state index in [-0.39, 0.29) is 5.56 Å². The third-order valence-electron chi connectivity index (χ3n) is 5.09. The van der Waals surface area contributed by atoms with E-state index in [1.54, 1.807) is 16.8 Å². The lowest BCUT2D eigenvalue weighted by Gasteiger charge is -2.09. The lowest BCUT2D eigenvalue weighted by molar-refractivity contribution is 0.309. The second kappa shape index (κ2) is 7.31. The smallest absolute Gasteiger partial charge is 0.258 e. The molecular formula is C21H17BrClN3O2S. The molecule has 0 unspecified atom stereocenters. The highest BCUT2D eigenvalue weighted by Gasteiger charge is 2.28. The fraction of sp³-hybridized carbons (Fsp3) is 0.238. The molecule has 8 heteroatoms. The Kier molecular flexibility index (Phi) is 4.76. The Hall–Kier alpha value is -2.09. The lowest BCUT2D eigenvalue weighted by atomic mass is 10.2. The third kappa shape index (κ3) is 3.63. The van der Waals surface area contributed by atoms with Crippen LogP contribution in [0.1, 0.15) is 29.5 Å². The molecule has 0 amide bonds. The Labute approximate surface area is 184 Å². The topological polar surface area (TPSA) is 49.0 Å². The van der Waals surface area contributed by atoms with Gasteiger partial charge in [0.05, 0.1) is 16.7 Å². The molecule has 1 aliphatic carbocycles. The van der Waals surface area contributed by atoms with Gasteiger partial charge in [-0.05, 0) is 59.1 Å². The number of aromatic nitrogens is 3. The summed E-state index contributed by atoms with van der Waals surface area (Å²) in [4.78, 5) is 18.4. The lowest BCUT2D eigenvalue weighted by Crippen LogP contribution is -2.16. The van der Waals surface area contributed by atoms with Crippen molar-refractivity contribution in [2.75, 3.05) is 0 Å². The van der Waals surface area contributed by atoms with Crippen LogP contribution in [-0.2, 0) is 13.7 Å². The van der Waals surface area contributed by atoms with Crippen LogP contribution in [0, 0.1) is 0 Å². The average Bonchev–Trinajstić information content (AvgIpc) is 3.43. The fourth-order valence-corrected chi connectivity index (χ4v) is 5.14. The van der Waals surface area contributed by atoms with Crippen LogP contribution in [0.2, 0.25) is 4.34 Å². The standard InChI is InChI=1S/C21H17BrClN3O2S/c1-25-18-8-13(4-5-17(18)24-21(25)12-2-3-12)26-7-6-14(9-19(26)27)28-11-15-10-16(22)20(23)29-15/h4-10,12H,2-3,11H2,1H3. The second-order valence-corrected chi connectivity index (χ2v) is 9.76. The van der Waals surface area contributed by atoms with E-state index in [0.717, 1.165) is 31.9 Å². The monoisotopic (exact) mass is 489 g/mol. The molecule has 1 aliphatic rings. The molecule has 0 saturated heterocycles. The summed E-state index contributed by atoms with van der Waals surface area (Å²) in [6, 6.07) is 11.2. The van der Waals surface area contributed by atoms with Gasteiger partial charge in [-0.2, -0.15) is 0 Å². The number of rotatable bonds is 5. The number of halogens is 2. The number of fused-ring (bicyclic) bond motifs is 1. The summed E-state index contributed by atoms with van der Waals surface area (Å²) in [5.41, 5.74) is 2.67. The molecule has 0 bridgehead atoms. The molecule has 148 valence electrons. The highest BCUT2D eigenvalue weighted by molar-refractivity contribution is 9.10. The first-order chi connectivity index (χ1) is 14.0. The Morgan fingerprint density at radius 2 is 2.10 bits per heavy atom. The van der Waals surface area contributed by atoms with Crippen molar-refractivity contribution >= 4 is 49.9 Å². The molecule has 0 N–H and O–H groups in total. The van der Waals surface area contributed by atoms with Gasteiger partial charge in [0.15, 0.2) is 0 Å². The minimum absolute atomic E-state index is 0.142. The number of hydrogen-bond acceptors (Lipinski definition) is 4. The van der Waals surface area contributed by atoms with E-state index in [1.807, 2.05) is 31.3 Å². The SMILES string of the molecule is Cn1c(C2CC2)nc2ccc(-n3ccc(OCc4cc(Br)c(Cl)s4)cc3=O)cc21. The summed E-state index contributed by atoms with van der Waals surface area (Å²) in [5, 5.41) is 0. The van der Waals surface area contributed by atoms with Crippen molar-refractivity contribution in [2.24, 2.45) is 7.05 Å². The van der Waals surface area contributed by atoms with Gasteiger partial charge in [-0.1, -0.05) is 11.6 Å². The first-order valence-corrected chi connectivity index (χ1v) is 11.2. The number of thiophene rings is 1. The summed E-state index contributed by atoms with van der Waals surface area (Å²) in [6.07, 6.45) is 4.16. The molecular weight excluding hydrogens is 474 g/mol. The van der Waals surface area contributed by atoms with Gasteiger partial charge in [0.25, 0.3) is 5.56 Å². The van der Waals surface area contributed by atoms with Gasteiger partial charge < -0.3 is 9.30 Å². The number of aryl methyl sites for hydroxylation is 1. The van der Waals surface area contributed by atoms with E-state index in [4.69, 9.17) is 21.3 Å². The molecule has 0 atom stereocenters. The molecule has 5 rings (SSSR count). The zero-order chi connectivity index (χ0) is 20.1. The van der Waals surface area contributed by atoms with E-state index in [2.05, 4.69) is 20.5 Å². The molecule has 0 spiro atoms. The minimum atomic E-state index is -0.142. The van der Waals surface area contributed by atoms with Gasteiger partial charge in [-0.25, -0.2) is 4.98 Å². The maximum atomic E-state index is 12.7. The Morgan fingerprint density at radius 1 is 1.28 bits per heavy atom. The van der Waals surface area contributed by atoms with E-state index in [1.165, 1.54) is 30.2 Å². The van der Waals surface area contributed by atoms with Crippen molar-refractivity contribution in [3.63, 3.8) is 0 Å². The van der Waals surface area contributed by atoms with Crippen molar-refractivity contribution in [1.29, 1.82) is 0 Å². The van der Waals surface area contributed by atoms with Crippen LogP contribution in [0.5, 0.6) is 5.75 Å². The molecule has 3 heterocycles. The molecule has 5 nitrogen and oxygen atoms in total. The highest BCUT2D eigenvalue weighted by Crippen LogP contribution is 2.40. The van der Waals surface area contributed by atoms with Crippen LogP contribution in [0.15, 0.2) is 51.9 Å². The molecule has 1 aromatic carbocycles. The number of imidazole rings is 1. The van der Waals surface area contributed by atoms with Crippen molar-refractivity contribution in [1.82, 2.24) is 14.1 Å². The van der Waals surface area contributed by atoms with Gasteiger partial charge in [-0.3, -0.25) is 9.36 Å². The zero-order valence-electron chi connectivity index (χ0n) is 15.6. The molecule has 29 heavy (non-hydrogen) atoms. The Bertz CT molecular complexity index is 1270. The van der Waals surface area contributed by atoms with Crippen molar-refractivity contribution in [3.8, 4) is 11.4 Å². The predicted molar refractivity (Wildman–Crippen MR) is 120 cm³/mol. The average molecular weight is 491 g/mol. The van der Waals surface area contributed by atoms with E-state index in [0.29, 0.717) is 22.6 Å². The van der Waals surface area contributed by atoms with Crippen LogP contribution >= 0.6 is 38.9 Å². The van der Waals surface area contributed by atoms with Crippen LogP contribution in [0.3, 0.4) is 0 Å². The van der Waals surface area contributed by atoms with Crippen molar-refractivity contribution in [2.45, 2.75) is 25.4 Å². The first-order valence-electron chi connectivity index (χ1n) is 9.25. The number of nitrogens with zero attached hydrogens (tertiary/aromatic N) is 3. The van der Waals surface area contributed by atoms with Crippen LogP contribution in [0.25, 0.3) is 16.7 Å². The van der Waals surface area contributed by atoms with Crippen molar-refractivity contribution < 1.29 is 4.74 Å². The molecule has 0 radical (unpaired) electrons. The Balaban J connectivity index is 1.41. The number of hydrogen-bond donors (Lipinski definition) is 0. The summed E-state index contributed by atoms with van der Waals surface area (Å²) >= 11 is 10.9. The van der Waals surface area contributed by atoms with E-state index in [9.17, 15) is 4.79 Å². The van der Waals surface area contributed by atoms with E-state index >= 15 is 0 Å². The van der Waals surface area contributed by atoms with Crippen LogP contribution in [-0.4, -0.2) is 14.1 Å². The largest absolute Gasteiger partial charge is 0.488 e. The van der Waals surface area contributed by atoms with Gasteiger partial charge >= 0.3 is 0 Å². The summed E-state index contributed by atoms with van der Waals surface area (Å²) in [6.45, 7) is 0.365. The van der Waals surface area contributed by atoms with Crippen LogP contribution in [0.4, 0.5) is 0 Å². The summed E-state index contributed by atoms with van der Waals surface area (Å²) < 4.78 is 11.1. The summed E-state index contributed by atoms with van der Waals surface area (Å²) in [7, 11) is 2.04. The first kappa shape index (κ1) is 18.9. The fourth-order valence-electron chi connectivity index (χ4n) is 3.43. The zero-order valence-corrected chi connectivity index (χ0v) is 18.7. The quantitative estimate of drug-likeness (QED) is 0.363. The number of benzene rings is 1. The Morgan fingerprint density at radius 3 is 2.79 bits per heavy atom. The maximum Gasteiger partial charge on any atom is 0.258 e. The minimum Gasteiger partial charge on any atom is -0.488 e. The molecule has 3 aromatic heterocycles. The van der Waals surface area contributed by atoms with E-state index < -0.39 is 0 Å². The van der Waals surface area contributed by atoms with Gasteiger partial charge in [-0.15, -0.1) is 11.3 Å². The molecule has 1 fully saturated rings. The third-order valence-corrected chi connectivity index (χ3v) is 7.54. The van der Waals surface area contributed by atoms with Gasteiger partial charge in [0.1, 0.15) is 22.5 Å². The van der Waals surface area contributed by atoms with Gasteiger partial charge in [0, 0.05) is 34.6 Å². The number of pyridine rings is 1. The predicted octanol–water partition coefficient (Wildman–Crippen LogP) is 5.66. The summed E-state index contributed by atoms with van der Waals surface area (Å²) in [5.74, 6) is 2.24. The molecule has 0 aliphatic heterocycles.